The highest BCUT2D eigenvalue weighted by Gasteiger charge is 2.40. The Labute approximate surface area is 193 Å². The van der Waals surface area contributed by atoms with E-state index in [4.69, 9.17) is 9.47 Å². The molecule has 0 fully saturated rings. The highest BCUT2D eigenvalue weighted by molar-refractivity contribution is 6.46. The fourth-order valence-electron chi connectivity index (χ4n) is 3.72. The standard InChI is InChI=1S/C27H26N2O4/c1-5-33-23-12-8-20(9-13-23)28-25-24(19-7-6-17(2)18(3)16-19)26(30)29(27(25)31)21-10-14-22(32-4)15-11-21/h6-16,28H,5H2,1-4H3. The maximum absolute atomic E-state index is 13.6. The zero-order valence-electron chi connectivity index (χ0n) is 19.1. The van der Waals surface area contributed by atoms with Crippen LogP contribution in [0.3, 0.4) is 0 Å². The van der Waals surface area contributed by atoms with E-state index in [1.165, 1.54) is 4.90 Å². The summed E-state index contributed by atoms with van der Waals surface area (Å²) < 4.78 is 10.7. The van der Waals surface area contributed by atoms with E-state index in [9.17, 15) is 9.59 Å². The molecule has 0 bridgehead atoms. The summed E-state index contributed by atoms with van der Waals surface area (Å²) >= 11 is 0. The van der Waals surface area contributed by atoms with Crippen LogP contribution in [-0.2, 0) is 9.59 Å². The van der Waals surface area contributed by atoms with Crippen molar-refractivity contribution in [1.82, 2.24) is 0 Å². The summed E-state index contributed by atoms with van der Waals surface area (Å²) in [5.41, 5.74) is 4.60. The third-order valence-electron chi connectivity index (χ3n) is 5.64. The molecule has 1 N–H and O–H groups in total. The number of benzene rings is 3. The second-order valence-electron chi connectivity index (χ2n) is 7.78. The summed E-state index contributed by atoms with van der Waals surface area (Å²) in [6.45, 7) is 6.49. The molecule has 6 heteroatoms. The monoisotopic (exact) mass is 442 g/mol. The van der Waals surface area contributed by atoms with Crippen molar-refractivity contribution in [1.29, 1.82) is 0 Å². The zero-order chi connectivity index (χ0) is 23.5. The van der Waals surface area contributed by atoms with Gasteiger partial charge in [0, 0.05) is 5.69 Å². The molecule has 0 radical (unpaired) electrons. The molecule has 0 aromatic heterocycles. The molecule has 0 saturated carbocycles. The number of hydrogen-bond acceptors (Lipinski definition) is 5. The van der Waals surface area contributed by atoms with Crippen LogP contribution < -0.4 is 19.7 Å². The summed E-state index contributed by atoms with van der Waals surface area (Å²) in [6, 6.07) is 19.9. The molecule has 0 atom stereocenters. The fraction of sp³-hybridized carbons (Fsp3) is 0.185. The van der Waals surface area contributed by atoms with Crippen LogP contribution in [0, 0.1) is 13.8 Å². The van der Waals surface area contributed by atoms with Crippen LogP contribution in [0.4, 0.5) is 11.4 Å². The highest BCUT2D eigenvalue weighted by Crippen LogP contribution is 2.35. The lowest BCUT2D eigenvalue weighted by Crippen LogP contribution is -2.32. The summed E-state index contributed by atoms with van der Waals surface area (Å²) in [7, 11) is 1.57. The van der Waals surface area contributed by atoms with Crippen molar-refractivity contribution in [3.8, 4) is 11.5 Å². The molecule has 33 heavy (non-hydrogen) atoms. The molecular formula is C27H26N2O4. The van der Waals surface area contributed by atoms with Gasteiger partial charge in [0.25, 0.3) is 11.8 Å². The van der Waals surface area contributed by atoms with Crippen molar-refractivity contribution in [2.45, 2.75) is 20.8 Å². The Balaban J connectivity index is 1.77. The van der Waals surface area contributed by atoms with Crippen LogP contribution >= 0.6 is 0 Å². The number of hydrogen-bond donors (Lipinski definition) is 1. The molecule has 1 heterocycles. The first-order valence-corrected chi connectivity index (χ1v) is 10.8. The molecule has 0 unspecified atom stereocenters. The van der Waals surface area contributed by atoms with E-state index in [0.29, 0.717) is 34.9 Å². The summed E-state index contributed by atoms with van der Waals surface area (Å²) in [5, 5.41) is 3.18. The van der Waals surface area contributed by atoms with Crippen molar-refractivity contribution >= 4 is 28.8 Å². The summed E-state index contributed by atoms with van der Waals surface area (Å²) in [6.07, 6.45) is 0. The molecule has 6 nitrogen and oxygen atoms in total. The van der Waals surface area contributed by atoms with Crippen LogP contribution in [0.1, 0.15) is 23.6 Å². The molecule has 168 valence electrons. The first-order chi connectivity index (χ1) is 15.9. The highest BCUT2D eigenvalue weighted by atomic mass is 16.5. The minimum Gasteiger partial charge on any atom is -0.497 e. The van der Waals surface area contributed by atoms with Gasteiger partial charge in [-0.05, 0) is 86.0 Å². The van der Waals surface area contributed by atoms with E-state index in [2.05, 4.69) is 5.32 Å². The van der Waals surface area contributed by atoms with Gasteiger partial charge in [0.1, 0.15) is 17.2 Å². The number of carbonyl (C=O) groups excluding carboxylic acids is 2. The van der Waals surface area contributed by atoms with E-state index in [1.54, 1.807) is 31.4 Å². The van der Waals surface area contributed by atoms with Crippen molar-refractivity contribution in [3.05, 3.63) is 89.1 Å². The van der Waals surface area contributed by atoms with Crippen molar-refractivity contribution < 1.29 is 19.1 Å². The van der Waals surface area contributed by atoms with Crippen molar-refractivity contribution in [3.63, 3.8) is 0 Å². The lowest BCUT2D eigenvalue weighted by atomic mass is 9.99. The largest absolute Gasteiger partial charge is 0.497 e. The third kappa shape index (κ3) is 4.32. The second-order valence-corrected chi connectivity index (χ2v) is 7.78. The van der Waals surface area contributed by atoms with Crippen molar-refractivity contribution in [2.75, 3.05) is 23.9 Å². The number of carbonyl (C=O) groups is 2. The number of anilines is 2. The lowest BCUT2D eigenvalue weighted by Gasteiger charge is -2.16. The van der Waals surface area contributed by atoms with Gasteiger partial charge < -0.3 is 14.8 Å². The lowest BCUT2D eigenvalue weighted by molar-refractivity contribution is -0.120. The first kappa shape index (κ1) is 22.1. The van der Waals surface area contributed by atoms with E-state index in [1.807, 2.05) is 63.2 Å². The molecule has 3 aromatic carbocycles. The molecule has 4 rings (SSSR count). The Hall–Kier alpha value is -4.06. The minimum atomic E-state index is -0.410. The number of nitrogens with one attached hydrogen (secondary N) is 1. The molecule has 0 spiro atoms. The Morgan fingerprint density at radius 2 is 1.48 bits per heavy atom. The molecular weight excluding hydrogens is 416 g/mol. The van der Waals surface area contributed by atoms with Crippen molar-refractivity contribution in [2.24, 2.45) is 0 Å². The van der Waals surface area contributed by atoms with Gasteiger partial charge in [-0.1, -0.05) is 18.2 Å². The van der Waals surface area contributed by atoms with Crippen LogP contribution in [0.2, 0.25) is 0 Å². The van der Waals surface area contributed by atoms with Crippen LogP contribution in [-0.4, -0.2) is 25.5 Å². The van der Waals surface area contributed by atoms with E-state index in [0.717, 1.165) is 16.9 Å². The smallest absolute Gasteiger partial charge is 0.282 e. The van der Waals surface area contributed by atoms with Gasteiger partial charge in [-0.3, -0.25) is 9.59 Å². The third-order valence-corrected chi connectivity index (χ3v) is 5.64. The van der Waals surface area contributed by atoms with Gasteiger partial charge in [0.2, 0.25) is 0 Å². The van der Waals surface area contributed by atoms with Gasteiger partial charge in [0.05, 0.1) is 25.0 Å². The SMILES string of the molecule is CCOc1ccc(NC2=C(c3ccc(C)c(C)c3)C(=O)N(c3ccc(OC)cc3)C2=O)cc1. The predicted molar refractivity (Wildman–Crippen MR) is 130 cm³/mol. The zero-order valence-corrected chi connectivity index (χ0v) is 19.1. The number of amides is 2. The number of aryl methyl sites for hydroxylation is 2. The number of rotatable bonds is 7. The van der Waals surface area contributed by atoms with Crippen LogP contribution in [0.15, 0.2) is 72.4 Å². The Bertz CT molecular complexity index is 1230. The average molecular weight is 443 g/mol. The Morgan fingerprint density at radius 1 is 0.818 bits per heavy atom. The van der Waals surface area contributed by atoms with Gasteiger partial charge in [0.15, 0.2) is 0 Å². The van der Waals surface area contributed by atoms with Gasteiger partial charge in [-0.25, -0.2) is 4.90 Å². The maximum atomic E-state index is 13.6. The maximum Gasteiger partial charge on any atom is 0.282 e. The normalized spacial score (nSPS) is 13.5. The topological polar surface area (TPSA) is 67.9 Å². The quantitative estimate of drug-likeness (QED) is 0.515. The molecule has 0 aliphatic carbocycles. The Morgan fingerprint density at radius 3 is 2.09 bits per heavy atom. The molecule has 0 saturated heterocycles. The van der Waals surface area contributed by atoms with E-state index < -0.39 is 5.91 Å². The Kier molecular flexibility index (Phi) is 6.18. The molecule has 2 amide bonds. The number of imide groups is 1. The number of methoxy groups -OCH3 is 1. The van der Waals surface area contributed by atoms with Gasteiger partial charge >= 0.3 is 0 Å². The van der Waals surface area contributed by atoms with Gasteiger partial charge in [-0.15, -0.1) is 0 Å². The fourth-order valence-corrected chi connectivity index (χ4v) is 3.72. The molecule has 3 aromatic rings. The second kappa shape index (κ2) is 9.20. The number of nitrogens with zero attached hydrogens (tertiary/aromatic N) is 1. The van der Waals surface area contributed by atoms with E-state index >= 15 is 0 Å². The number of ether oxygens (including phenoxy) is 2. The van der Waals surface area contributed by atoms with Crippen LogP contribution in [0.25, 0.3) is 5.57 Å². The minimum absolute atomic E-state index is 0.239. The van der Waals surface area contributed by atoms with Crippen LogP contribution in [0.5, 0.6) is 11.5 Å². The molecule has 1 aliphatic rings. The summed E-state index contributed by atoms with van der Waals surface area (Å²) in [5.74, 6) is 0.599. The molecule has 1 aliphatic heterocycles. The van der Waals surface area contributed by atoms with Gasteiger partial charge in [-0.2, -0.15) is 0 Å². The first-order valence-electron chi connectivity index (χ1n) is 10.8. The van der Waals surface area contributed by atoms with E-state index in [-0.39, 0.29) is 11.6 Å². The average Bonchev–Trinajstić information content (AvgIpc) is 3.06. The predicted octanol–water partition coefficient (Wildman–Crippen LogP) is 5.11. The summed E-state index contributed by atoms with van der Waals surface area (Å²) in [4.78, 5) is 28.3.